The Morgan fingerprint density at radius 1 is 0.259 bits per heavy atom. The lowest BCUT2D eigenvalue weighted by atomic mass is 10.0. The minimum absolute atomic E-state index is 0.0694. The lowest BCUT2D eigenvalue weighted by Gasteiger charge is -2.18. The van der Waals surface area contributed by atoms with Crippen LogP contribution in [0.3, 0.4) is 0 Å². The van der Waals surface area contributed by atoms with Gasteiger partial charge in [-0.15, -0.1) is 0 Å². The van der Waals surface area contributed by atoms with E-state index in [1.807, 2.05) is 0 Å². The van der Waals surface area contributed by atoms with E-state index in [1.165, 1.54) is 263 Å². The van der Waals surface area contributed by atoms with Crippen LogP contribution in [-0.2, 0) is 28.6 Å². The third-order valence-corrected chi connectivity index (χ3v) is 16.3. The first-order valence-electron chi connectivity index (χ1n) is 36.1. The Hall–Kier alpha value is -2.63. The number of esters is 3. The molecule has 0 aromatic carbocycles. The summed E-state index contributed by atoms with van der Waals surface area (Å²) in [6.45, 7) is 6.51. The van der Waals surface area contributed by atoms with Crippen molar-refractivity contribution >= 4 is 17.9 Å². The molecular weight excluding hydrogens is 997 g/mol. The monoisotopic (exact) mass is 1140 g/mol. The lowest BCUT2D eigenvalue weighted by molar-refractivity contribution is -0.167. The van der Waals surface area contributed by atoms with Crippen LogP contribution in [0.4, 0.5) is 0 Å². The van der Waals surface area contributed by atoms with E-state index in [0.29, 0.717) is 19.3 Å². The molecule has 0 radical (unpaired) electrons. The molecule has 6 heteroatoms. The quantitative estimate of drug-likeness (QED) is 0.0261. The maximum Gasteiger partial charge on any atom is 0.306 e. The number of carbonyl (C=O) groups is 3. The van der Waals surface area contributed by atoms with Gasteiger partial charge in [-0.1, -0.05) is 365 Å². The van der Waals surface area contributed by atoms with Crippen molar-refractivity contribution in [2.24, 2.45) is 0 Å². The summed E-state index contributed by atoms with van der Waals surface area (Å²) in [4.78, 5) is 38.0. The first-order chi connectivity index (χ1) is 40.0. The van der Waals surface area contributed by atoms with Gasteiger partial charge in [-0.3, -0.25) is 14.4 Å². The SMILES string of the molecule is CC/C=C\C/C=C\C/C=C\C/C=C\CCCCCCCCCCCCCCC(=O)OC(COC(=O)CCCCCCC)COC(=O)CCCCCCCCCCCCCCCCCCCCCCCCCCCCCCCCCCC. The highest BCUT2D eigenvalue weighted by molar-refractivity contribution is 5.71. The Morgan fingerprint density at radius 2 is 0.481 bits per heavy atom. The minimum atomic E-state index is -0.769. The Bertz CT molecular complexity index is 1400. The van der Waals surface area contributed by atoms with Crippen molar-refractivity contribution in [2.45, 2.75) is 399 Å². The van der Waals surface area contributed by atoms with Gasteiger partial charge in [0.15, 0.2) is 6.10 Å². The van der Waals surface area contributed by atoms with Crippen LogP contribution in [0.5, 0.6) is 0 Å². The standard InChI is InChI=1S/C75H138O6/c1-4-7-10-13-15-17-19-21-23-25-27-29-31-33-34-35-36-37-38-39-40-42-43-45-47-49-51-53-55-57-59-62-65-68-74(77)80-71-72(70-79-73(76)67-64-61-12-9-6-3)81-75(78)69-66-63-60-58-56-54-52-50-48-46-44-41-32-30-28-26-24-22-20-18-16-14-11-8-5-2/h8,11,16,18,22,24,28,30,72H,4-7,9-10,12-15,17,19-21,23,25-27,29,31-71H2,1-3H3/b11-8-,18-16-,24-22-,30-28-. The second kappa shape index (κ2) is 69.9. The van der Waals surface area contributed by atoms with Gasteiger partial charge in [0.2, 0.25) is 0 Å². The van der Waals surface area contributed by atoms with E-state index >= 15 is 0 Å². The van der Waals surface area contributed by atoms with Crippen LogP contribution in [0.25, 0.3) is 0 Å². The van der Waals surface area contributed by atoms with Gasteiger partial charge in [0.1, 0.15) is 13.2 Å². The van der Waals surface area contributed by atoms with Crippen molar-refractivity contribution in [3.8, 4) is 0 Å². The Balaban J connectivity index is 3.89. The number of ether oxygens (including phenoxy) is 3. The maximum atomic E-state index is 12.9. The molecule has 1 unspecified atom stereocenters. The van der Waals surface area contributed by atoms with E-state index in [-0.39, 0.29) is 31.1 Å². The molecule has 0 aliphatic heterocycles. The van der Waals surface area contributed by atoms with Crippen LogP contribution in [0.15, 0.2) is 48.6 Å². The highest BCUT2D eigenvalue weighted by atomic mass is 16.6. The summed E-state index contributed by atoms with van der Waals surface area (Å²) in [5, 5.41) is 0. The highest BCUT2D eigenvalue weighted by Crippen LogP contribution is 2.19. The average molecular weight is 1140 g/mol. The van der Waals surface area contributed by atoms with Crippen LogP contribution >= 0.6 is 0 Å². The predicted octanol–water partition coefficient (Wildman–Crippen LogP) is 24.9. The topological polar surface area (TPSA) is 78.9 Å². The first-order valence-corrected chi connectivity index (χ1v) is 36.1. The summed E-state index contributed by atoms with van der Waals surface area (Å²) in [6.07, 6.45) is 89.3. The van der Waals surface area contributed by atoms with Crippen molar-refractivity contribution in [3.63, 3.8) is 0 Å². The molecule has 0 amide bonds. The molecule has 0 aromatic rings. The van der Waals surface area contributed by atoms with Crippen molar-refractivity contribution in [2.75, 3.05) is 13.2 Å². The molecule has 474 valence electrons. The van der Waals surface area contributed by atoms with Gasteiger partial charge < -0.3 is 14.2 Å². The maximum absolute atomic E-state index is 12.9. The molecule has 0 saturated carbocycles. The third-order valence-electron chi connectivity index (χ3n) is 16.3. The van der Waals surface area contributed by atoms with Crippen LogP contribution in [0, 0.1) is 0 Å². The molecule has 0 bridgehead atoms. The van der Waals surface area contributed by atoms with Crippen molar-refractivity contribution in [3.05, 3.63) is 48.6 Å². The van der Waals surface area contributed by atoms with Crippen molar-refractivity contribution in [1.29, 1.82) is 0 Å². The Labute approximate surface area is 505 Å². The van der Waals surface area contributed by atoms with Crippen LogP contribution in [-0.4, -0.2) is 37.2 Å². The summed E-state index contributed by atoms with van der Waals surface area (Å²) in [5.74, 6) is -0.863. The summed E-state index contributed by atoms with van der Waals surface area (Å²) in [5.41, 5.74) is 0. The molecule has 0 aliphatic carbocycles. The van der Waals surface area contributed by atoms with Crippen LogP contribution in [0.1, 0.15) is 393 Å². The van der Waals surface area contributed by atoms with E-state index in [1.54, 1.807) is 0 Å². The van der Waals surface area contributed by atoms with E-state index in [0.717, 1.165) is 89.9 Å². The molecule has 0 N–H and O–H groups in total. The predicted molar refractivity (Wildman–Crippen MR) is 353 cm³/mol. The van der Waals surface area contributed by atoms with E-state index in [2.05, 4.69) is 69.4 Å². The summed E-state index contributed by atoms with van der Waals surface area (Å²) < 4.78 is 16.8. The largest absolute Gasteiger partial charge is 0.462 e. The lowest BCUT2D eigenvalue weighted by Crippen LogP contribution is -2.30. The molecule has 0 spiro atoms. The molecule has 0 fully saturated rings. The summed E-state index contributed by atoms with van der Waals surface area (Å²) in [6, 6.07) is 0. The number of rotatable bonds is 67. The molecule has 0 heterocycles. The van der Waals surface area contributed by atoms with Crippen LogP contribution < -0.4 is 0 Å². The average Bonchev–Trinajstić information content (AvgIpc) is 3.47. The number of unbranched alkanes of at least 4 members (excludes halogenated alkanes) is 48. The van der Waals surface area contributed by atoms with Gasteiger partial charge in [-0.25, -0.2) is 0 Å². The first kappa shape index (κ1) is 78.4. The summed E-state index contributed by atoms with van der Waals surface area (Å²) in [7, 11) is 0. The highest BCUT2D eigenvalue weighted by Gasteiger charge is 2.19. The van der Waals surface area contributed by atoms with Gasteiger partial charge >= 0.3 is 17.9 Å². The van der Waals surface area contributed by atoms with E-state index in [4.69, 9.17) is 14.2 Å². The minimum Gasteiger partial charge on any atom is -0.462 e. The molecular formula is C75H138O6. The van der Waals surface area contributed by atoms with Gasteiger partial charge in [-0.05, 0) is 57.8 Å². The zero-order valence-corrected chi connectivity index (χ0v) is 54.6. The Kier molecular flexibility index (Phi) is 67.6. The molecule has 0 saturated heterocycles. The molecule has 81 heavy (non-hydrogen) atoms. The molecule has 0 aromatic heterocycles. The number of allylic oxidation sites excluding steroid dienone is 8. The molecule has 0 rings (SSSR count). The van der Waals surface area contributed by atoms with Gasteiger partial charge in [0.25, 0.3) is 0 Å². The zero-order chi connectivity index (χ0) is 58.5. The second-order valence-corrected chi connectivity index (χ2v) is 24.5. The molecule has 0 aliphatic rings. The zero-order valence-electron chi connectivity index (χ0n) is 54.6. The van der Waals surface area contributed by atoms with E-state index in [9.17, 15) is 14.4 Å². The van der Waals surface area contributed by atoms with Gasteiger partial charge in [0, 0.05) is 19.3 Å². The fourth-order valence-electron chi connectivity index (χ4n) is 11.0. The fraction of sp³-hybridized carbons (Fsp3) is 0.853. The second-order valence-electron chi connectivity index (χ2n) is 24.5. The molecule has 6 nitrogen and oxygen atoms in total. The van der Waals surface area contributed by atoms with Crippen molar-refractivity contribution in [1.82, 2.24) is 0 Å². The summed E-state index contributed by atoms with van der Waals surface area (Å²) >= 11 is 0. The normalized spacial score (nSPS) is 12.3. The number of hydrogen-bond donors (Lipinski definition) is 0. The van der Waals surface area contributed by atoms with Crippen molar-refractivity contribution < 1.29 is 28.6 Å². The van der Waals surface area contributed by atoms with Gasteiger partial charge in [-0.2, -0.15) is 0 Å². The number of carbonyl (C=O) groups excluding carboxylic acids is 3. The Morgan fingerprint density at radius 3 is 0.753 bits per heavy atom. The van der Waals surface area contributed by atoms with E-state index < -0.39 is 6.10 Å². The smallest absolute Gasteiger partial charge is 0.306 e. The van der Waals surface area contributed by atoms with Crippen LogP contribution in [0.2, 0.25) is 0 Å². The van der Waals surface area contributed by atoms with Gasteiger partial charge in [0.05, 0.1) is 0 Å². The third kappa shape index (κ3) is 68.0. The fourth-order valence-corrected chi connectivity index (χ4v) is 11.0. The molecule has 1 atom stereocenters. The number of hydrogen-bond acceptors (Lipinski definition) is 6.